The molecule has 1 aromatic heterocycles. The molecule has 1 aliphatic rings. The summed E-state index contributed by atoms with van der Waals surface area (Å²) in [6.45, 7) is 2.14. The van der Waals surface area contributed by atoms with Crippen LogP contribution < -0.4 is 0 Å². The van der Waals surface area contributed by atoms with Gasteiger partial charge in [0.05, 0.1) is 23.7 Å². The number of halogens is 3. The summed E-state index contributed by atoms with van der Waals surface area (Å²) in [5.41, 5.74) is -0.539. The lowest BCUT2D eigenvalue weighted by Crippen LogP contribution is -2.47. The molecule has 1 aliphatic heterocycles. The normalized spacial score (nSPS) is 16.3. The molecular weight excluding hydrogens is 421 g/mol. The van der Waals surface area contributed by atoms with Gasteiger partial charge >= 0.3 is 6.18 Å². The molecule has 0 aliphatic carbocycles. The van der Waals surface area contributed by atoms with Crippen LogP contribution in [0, 0.1) is 6.92 Å². The van der Waals surface area contributed by atoms with Crippen LogP contribution in [0.25, 0.3) is 5.69 Å². The van der Waals surface area contributed by atoms with E-state index >= 15 is 0 Å². The molecule has 11 heteroatoms. The largest absolute Gasteiger partial charge is 0.434 e. The number of rotatable bonds is 4. The summed E-state index contributed by atoms with van der Waals surface area (Å²) in [6, 6.07) is 6.07. The Morgan fingerprint density at radius 3 is 2.23 bits per heavy atom. The number of aryl methyl sites for hydroxylation is 1. The topological polar surface area (TPSA) is 75.5 Å². The molecule has 2 heterocycles. The van der Waals surface area contributed by atoms with Crippen LogP contribution in [0.5, 0.6) is 0 Å². The molecule has 30 heavy (non-hydrogen) atoms. The third-order valence-corrected chi connectivity index (χ3v) is 6.68. The zero-order valence-electron chi connectivity index (χ0n) is 16.8. The van der Waals surface area contributed by atoms with Gasteiger partial charge < -0.3 is 4.90 Å². The first-order valence-electron chi connectivity index (χ1n) is 9.34. The molecule has 1 amide bonds. The van der Waals surface area contributed by atoms with Crippen molar-refractivity contribution in [2.75, 3.05) is 26.4 Å². The zero-order valence-corrected chi connectivity index (χ0v) is 17.7. The number of carbonyl (C=O) groups is 1. The van der Waals surface area contributed by atoms with Gasteiger partial charge in [-0.25, -0.2) is 17.4 Å². The maximum atomic E-state index is 13.8. The molecule has 0 radical (unpaired) electrons. The molecule has 164 valence electrons. The Labute approximate surface area is 173 Å². The number of hydrogen-bond donors (Lipinski definition) is 0. The number of sulfonamides is 1. The van der Waals surface area contributed by atoms with E-state index in [9.17, 15) is 26.4 Å². The van der Waals surface area contributed by atoms with Gasteiger partial charge in [-0.15, -0.1) is 0 Å². The number of alkyl halides is 3. The maximum absolute atomic E-state index is 13.8. The molecule has 0 spiro atoms. The predicted molar refractivity (Wildman–Crippen MR) is 105 cm³/mol. The highest BCUT2D eigenvalue weighted by molar-refractivity contribution is 7.88. The average Bonchev–Trinajstić information content (AvgIpc) is 3.12. The molecular formula is C19H23F3N4O3S. The summed E-state index contributed by atoms with van der Waals surface area (Å²) in [4.78, 5) is 14.2. The first kappa shape index (κ1) is 22.3. The number of hydrogen-bond acceptors (Lipinski definition) is 4. The van der Waals surface area contributed by atoms with Gasteiger partial charge in [0.25, 0.3) is 5.91 Å². The Morgan fingerprint density at radius 1 is 1.17 bits per heavy atom. The Morgan fingerprint density at radius 2 is 1.73 bits per heavy atom. The van der Waals surface area contributed by atoms with Gasteiger partial charge in [-0.05, 0) is 31.9 Å². The number of nitrogens with zero attached hydrogens (tertiary/aromatic N) is 4. The molecule has 2 aromatic rings. The molecule has 0 bridgehead atoms. The third kappa shape index (κ3) is 4.51. The van der Waals surface area contributed by atoms with E-state index in [1.807, 2.05) is 6.92 Å². The molecule has 0 saturated carbocycles. The van der Waals surface area contributed by atoms with E-state index in [1.165, 1.54) is 28.4 Å². The minimum atomic E-state index is -4.78. The smallest absolute Gasteiger partial charge is 0.338 e. The van der Waals surface area contributed by atoms with E-state index in [1.54, 1.807) is 12.1 Å². The third-order valence-electron chi connectivity index (χ3n) is 5.34. The van der Waals surface area contributed by atoms with Gasteiger partial charge in [0.15, 0.2) is 5.69 Å². The number of likely N-dealkylation sites (tertiary alicyclic amines) is 1. The van der Waals surface area contributed by atoms with Crippen molar-refractivity contribution in [2.45, 2.75) is 32.0 Å². The second-order valence-electron chi connectivity index (χ2n) is 7.45. The van der Waals surface area contributed by atoms with E-state index in [2.05, 4.69) is 5.10 Å². The quantitative estimate of drug-likeness (QED) is 0.727. The first-order chi connectivity index (χ1) is 13.9. The van der Waals surface area contributed by atoms with Gasteiger partial charge in [0.2, 0.25) is 10.0 Å². The lowest BCUT2D eigenvalue weighted by Gasteiger charge is -2.35. The van der Waals surface area contributed by atoms with Crippen LogP contribution in [-0.2, 0) is 16.2 Å². The molecule has 1 fully saturated rings. The summed E-state index contributed by atoms with van der Waals surface area (Å²) in [5, 5.41) is 3.84. The van der Waals surface area contributed by atoms with Crippen molar-refractivity contribution in [3.63, 3.8) is 0 Å². The van der Waals surface area contributed by atoms with Crippen molar-refractivity contribution in [2.24, 2.45) is 0 Å². The summed E-state index contributed by atoms with van der Waals surface area (Å²) in [7, 11) is -1.92. The second kappa shape index (κ2) is 8.03. The van der Waals surface area contributed by atoms with Crippen molar-refractivity contribution < 1.29 is 26.4 Å². The molecule has 1 aromatic carbocycles. The van der Waals surface area contributed by atoms with Crippen molar-refractivity contribution in [3.8, 4) is 5.69 Å². The van der Waals surface area contributed by atoms with E-state index in [-0.39, 0.29) is 24.8 Å². The van der Waals surface area contributed by atoms with Crippen LogP contribution in [0.15, 0.2) is 30.5 Å². The fourth-order valence-electron chi connectivity index (χ4n) is 3.53. The van der Waals surface area contributed by atoms with Crippen molar-refractivity contribution >= 4 is 15.9 Å². The standard InChI is InChI=1S/C19H23F3N4O3S/c1-13-4-6-15(7-5-13)26-17(19(20,21)22)16(12-23-26)18(27)25-10-8-14(9-11-25)24(2)30(3,28)29/h4-7,12,14H,8-11H2,1-3H3. The number of benzene rings is 1. The van der Waals surface area contributed by atoms with Crippen LogP contribution in [0.3, 0.4) is 0 Å². The second-order valence-corrected chi connectivity index (χ2v) is 9.50. The van der Waals surface area contributed by atoms with Gasteiger partial charge in [-0.3, -0.25) is 4.79 Å². The number of aromatic nitrogens is 2. The van der Waals surface area contributed by atoms with Crippen LogP contribution in [0.4, 0.5) is 13.2 Å². The Bertz CT molecular complexity index is 1020. The lowest BCUT2D eigenvalue weighted by atomic mass is 10.0. The van der Waals surface area contributed by atoms with Gasteiger partial charge in [-0.1, -0.05) is 17.7 Å². The number of carbonyl (C=O) groups excluding carboxylic acids is 1. The monoisotopic (exact) mass is 444 g/mol. The predicted octanol–water partition coefficient (Wildman–Crippen LogP) is 2.70. The average molecular weight is 444 g/mol. The van der Waals surface area contributed by atoms with Crippen molar-refractivity contribution in [1.29, 1.82) is 0 Å². The Hall–Kier alpha value is -2.40. The van der Waals surface area contributed by atoms with E-state index in [4.69, 9.17) is 0 Å². The highest BCUT2D eigenvalue weighted by Gasteiger charge is 2.42. The van der Waals surface area contributed by atoms with Gasteiger partial charge in [-0.2, -0.15) is 18.3 Å². The fourth-order valence-corrected chi connectivity index (χ4v) is 4.29. The SMILES string of the molecule is Cc1ccc(-n2ncc(C(=O)N3CCC(N(C)S(C)(=O)=O)CC3)c2C(F)(F)F)cc1. The lowest BCUT2D eigenvalue weighted by molar-refractivity contribution is -0.143. The molecule has 7 nitrogen and oxygen atoms in total. The molecule has 1 saturated heterocycles. The van der Waals surface area contributed by atoms with E-state index < -0.39 is 33.4 Å². The maximum Gasteiger partial charge on any atom is 0.434 e. The van der Waals surface area contributed by atoms with Crippen molar-refractivity contribution in [3.05, 3.63) is 47.3 Å². The molecule has 0 unspecified atom stereocenters. The molecule has 3 rings (SSSR count). The van der Waals surface area contributed by atoms with E-state index in [0.717, 1.165) is 22.7 Å². The molecule has 0 atom stereocenters. The fraction of sp³-hybridized carbons (Fsp3) is 0.474. The summed E-state index contributed by atoms with van der Waals surface area (Å²) < 4.78 is 66.8. The number of amides is 1. The highest BCUT2D eigenvalue weighted by Crippen LogP contribution is 2.34. The Balaban J connectivity index is 1.86. The van der Waals surface area contributed by atoms with Crippen LogP contribution in [-0.4, -0.2) is 65.7 Å². The first-order valence-corrected chi connectivity index (χ1v) is 11.2. The minimum Gasteiger partial charge on any atom is -0.338 e. The highest BCUT2D eigenvalue weighted by atomic mass is 32.2. The summed E-state index contributed by atoms with van der Waals surface area (Å²) >= 11 is 0. The van der Waals surface area contributed by atoms with E-state index in [0.29, 0.717) is 12.8 Å². The summed E-state index contributed by atoms with van der Waals surface area (Å²) in [6.07, 6.45) is -2.04. The minimum absolute atomic E-state index is 0.163. The Kier molecular flexibility index (Phi) is 5.96. The summed E-state index contributed by atoms with van der Waals surface area (Å²) in [5.74, 6) is -0.763. The number of piperidine rings is 1. The molecule has 0 N–H and O–H groups in total. The van der Waals surface area contributed by atoms with Crippen molar-refractivity contribution in [1.82, 2.24) is 19.0 Å². The van der Waals surface area contributed by atoms with Gasteiger partial charge in [0, 0.05) is 26.2 Å². The van der Waals surface area contributed by atoms with Crippen LogP contribution in [0.2, 0.25) is 0 Å². The van der Waals surface area contributed by atoms with Crippen LogP contribution in [0.1, 0.15) is 34.5 Å². The zero-order chi connectivity index (χ0) is 22.3. The van der Waals surface area contributed by atoms with Gasteiger partial charge in [0.1, 0.15) is 0 Å². The van der Waals surface area contributed by atoms with Crippen LogP contribution >= 0.6 is 0 Å².